The Bertz CT molecular complexity index is 1110. The molecule has 0 spiro atoms. The van der Waals surface area contributed by atoms with E-state index in [0.717, 1.165) is 11.1 Å². The van der Waals surface area contributed by atoms with E-state index < -0.39 is 41.6 Å². The van der Waals surface area contributed by atoms with Crippen LogP contribution in [0.4, 0.5) is 4.79 Å². The van der Waals surface area contributed by atoms with Crippen LogP contribution in [0.5, 0.6) is 0 Å². The van der Waals surface area contributed by atoms with Crippen molar-refractivity contribution in [3.63, 3.8) is 0 Å². The molecule has 3 amide bonds. The number of hydrogen-bond donors (Lipinski definition) is 2. The number of hydrogen-bond acceptors (Lipinski definition) is 6. The fraction of sp³-hybridized carbons (Fsp3) is 0.467. The average molecular weight is 540 g/mol. The minimum Gasteiger partial charge on any atom is -0.466 e. The highest BCUT2D eigenvalue weighted by Crippen LogP contribution is 2.24. The number of aryl methyl sites for hydroxylation is 1. The lowest BCUT2D eigenvalue weighted by molar-refractivity contribution is -0.144. The van der Waals surface area contributed by atoms with Crippen molar-refractivity contribution in [2.75, 3.05) is 19.7 Å². The number of benzene rings is 2. The molecule has 39 heavy (non-hydrogen) atoms. The van der Waals surface area contributed by atoms with E-state index in [0.29, 0.717) is 5.56 Å². The van der Waals surface area contributed by atoms with Crippen LogP contribution >= 0.6 is 0 Å². The summed E-state index contributed by atoms with van der Waals surface area (Å²) >= 11 is 0. The van der Waals surface area contributed by atoms with Gasteiger partial charge in [0.15, 0.2) is 0 Å². The normalized spacial score (nSPS) is 12.6. The predicted octanol–water partition coefficient (Wildman–Crippen LogP) is 4.09. The van der Waals surface area contributed by atoms with Gasteiger partial charge in [0.05, 0.1) is 13.0 Å². The van der Waals surface area contributed by atoms with E-state index in [4.69, 9.17) is 9.47 Å². The Balaban J connectivity index is 2.39. The summed E-state index contributed by atoms with van der Waals surface area (Å²) < 4.78 is 10.4. The Hall–Kier alpha value is -3.88. The maximum absolute atomic E-state index is 14.1. The molecule has 2 aromatic carbocycles. The summed E-state index contributed by atoms with van der Waals surface area (Å²) in [5.41, 5.74) is 1.63. The number of esters is 1. The van der Waals surface area contributed by atoms with Gasteiger partial charge in [-0.3, -0.25) is 14.4 Å². The van der Waals surface area contributed by atoms with Gasteiger partial charge in [-0.1, -0.05) is 60.2 Å². The second kappa shape index (κ2) is 14.9. The lowest BCUT2D eigenvalue weighted by Gasteiger charge is -2.34. The number of ether oxygens (including phenoxy) is 2. The van der Waals surface area contributed by atoms with Crippen LogP contribution < -0.4 is 10.6 Å². The third-order valence-electron chi connectivity index (χ3n) is 5.75. The van der Waals surface area contributed by atoms with E-state index >= 15 is 0 Å². The monoisotopic (exact) mass is 539 g/mol. The van der Waals surface area contributed by atoms with Crippen LogP contribution in [0.15, 0.2) is 54.6 Å². The highest BCUT2D eigenvalue weighted by molar-refractivity contribution is 5.92. The minimum absolute atomic E-state index is 0.0109. The molecule has 0 aliphatic carbocycles. The summed E-state index contributed by atoms with van der Waals surface area (Å²) in [5, 5.41) is 5.49. The van der Waals surface area contributed by atoms with Crippen molar-refractivity contribution in [3.8, 4) is 0 Å². The number of amides is 3. The standard InChI is InChI=1S/C30H41N3O6/c1-7-33(26(23-16-12-13-21(3)19-23)27(35)31-18-17-25(34)38-8-2)28(36)24(20-22-14-10-9-11-15-22)32-29(37)39-30(4,5)6/h9-16,19,24,26H,7-8,17-18,20H2,1-6H3,(H,31,35)(H,32,37). The molecule has 2 aromatic rings. The SMILES string of the molecule is CCOC(=O)CCNC(=O)C(c1cccc(C)c1)N(CC)C(=O)C(Cc1ccccc1)NC(=O)OC(C)(C)C. The van der Waals surface area contributed by atoms with Gasteiger partial charge in [-0.25, -0.2) is 4.79 Å². The van der Waals surface area contributed by atoms with Crippen LogP contribution in [0.1, 0.15) is 63.8 Å². The van der Waals surface area contributed by atoms with Gasteiger partial charge in [-0.2, -0.15) is 0 Å². The van der Waals surface area contributed by atoms with Gasteiger partial charge in [0.2, 0.25) is 11.8 Å². The molecule has 212 valence electrons. The van der Waals surface area contributed by atoms with Gasteiger partial charge in [0, 0.05) is 19.5 Å². The molecule has 0 saturated carbocycles. The molecule has 0 saturated heterocycles. The molecular formula is C30H41N3O6. The zero-order valence-electron chi connectivity index (χ0n) is 23.8. The Morgan fingerprint density at radius 1 is 0.974 bits per heavy atom. The van der Waals surface area contributed by atoms with Crippen molar-refractivity contribution in [1.29, 1.82) is 0 Å². The largest absolute Gasteiger partial charge is 0.466 e. The molecule has 2 rings (SSSR count). The van der Waals surface area contributed by atoms with Crippen molar-refractivity contribution in [3.05, 3.63) is 71.3 Å². The van der Waals surface area contributed by atoms with Crippen LogP contribution in [-0.2, 0) is 30.3 Å². The fourth-order valence-electron chi connectivity index (χ4n) is 4.10. The maximum atomic E-state index is 14.1. The highest BCUT2D eigenvalue weighted by Gasteiger charge is 2.35. The molecule has 2 atom stereocenters. The van der Waals surface area contributed by atoms with Crippen LogP contribution in [0.25, 0.3) is 0 Å². The molecule has 0 heterocycles. The van der Waals surface area contributed by atoms with E-state index in [1.54, 1.807) is 40.7 Å². The molecule has 0 aliphatic heterocycles. The van der Waals surface area contributed by atoms with Crippen molar-refractivity contribution in [1.82, 2.24) is 15.5 Å². The summed E-state index contributed by atoms with van der Waals surface area (Å²) in [5.74, 6) is -1.28. The summed E-state index contributed by atoms with van der Waals surface area (Å²) in [6.45, 7) is 11.1. The number of carbonyl (C=O) groups excluding carboxylic acids is 4. The number of carbonyl (C=O) groups is 4. The number of alkyl carbamates (subject to hydrolysis) is 1. The maximum Gasteiger partial charge on any atom is 0.408 e. The smallest absolute Gasteiger partial charge is 0.408 e. The van der Waals surface area contributed by atoms with Crippen LogP contribution in [-0.4, -0.2) is 60.1 Å². The summed E-state index contributed by atoms with van der Waals surface area (Å²) in [6, 6.07) is 14.7. The molecule has 2 unspecified atom stereocenters. The van der Waals surface area contributed by atoms with Crippen molar-refractivity contribution >= 4 is 23.9 Å². The molecule has 9 nitrogen and oxygen atoms in total. The minimum atomic E-state index is -0.984. The lowest BCUT2D eigenvalue weighted by atomic mass is 9.99. The van der Waals surface area contributed by atoms with Crippen molar-refractivity contribution < 1.29 is 28.7 Å². The highest BCUT2D eigenvalue weighted by atomic mass is 16.6. The number of nitrogens with zero attached hydrogens (tertiary/aromatic N) is 1. The number of nitrogens with one attached hydrogen (secondary N) is 2. The molecule has 2 N–H and O–H groups in total. The van der Waals surface area contributed by atoms with Crippen LogP contribution in [0, 0.1) is 6.92 Å². The first kappa shape index (κ1) is 31.3. The first-order valence-corrected chi connectivity index (χ1v) is 13.3. The third-order valence-corrected chi connectivity index (χ3v) is 5.75. The Labute approximate surface area is 231 Å². The summed E-state index contributed by atoms with van der Waals surface area (Å²) in [4.78, 5) is 53.5. The topological polar surface area (TPSA) is 114 Å². The van der Waals surface area contributed by atoms with E-state index in [9.17, 15) is 19.2 Å². The molecule has 0 aliphatic rings. The Morgan fingerprint density at radius 2 is 1.67 bits per heavy atom. The zero-order valence-corrected chi connectivity index (χ0v) is 23.8. The second-order valence-corrected chi connectivity index (χ2v) is 10.2. The lowest BCUT2D eigenvalue weighted by Crippen LogP contribution is -2.53. The first-order valence-electron chi connectivity index (χ1n) is 13.3. The second-order valence-electron chi connectivity index (χ2n) is 10.2. The molecule has 9 heteroatoms. The summed E-state index contributed by atoms with van der Waals surface area (Å²) in [7, 11) is 0. The van der Waals surface area contributed by atoms with E-state index in [1.165, 1.54) is 4.90 Å². The molecular weight excluding hydrogens is 498 g/mol. The predicted molar refractivity (Wildman–Crippen MR) is 149 cm³/mol. The third kappa shape index (κ3) is 10.4. The van der Waals surface area contributed by atoms with Gasteiger partial charge in [0.1, 0.15) is 17.7 Å². The Kier molecular flexibility index (Phi) is 12.0. The van der Waals surface area contributed by atoms with E-state index in [2.05, 4.69) is 10.6 Å². The van der Waals surface area contributed by atoms with Gasteiger partial charge < -0.3 is 25.0 Å². The molecule has 0 radical (unpaired) electrons. The molecule has 0 aromatic heterocycles. The quantitative estimate of drug-likeness (QED) is 0.393. The van der Waals surface area contributed by atoms with Gasteiger partial charge in [-0.15, -0.1) is 0 Å². The zero-order chi connectivity index (χ0) is 29.0. The van der Waals surface area contributed by atoms with E-state index in [1.807, 2.05) is 55.5 Å². The van der Waals surface area contributed by atoms with Gasteiger partial charge in [-0.05, 0) is 52.7 Å². The van der Waals surface area contributed by atoms with E-state index in [-0.39, 0.29) is 32.5 Å². The summed E-state index contributed by atoms with van der Waals surface area (Å²) in [6.07, 6.45) is -0.504. The van der Waals surface area contributed by atoms with Crippen molar-refractivity contribution in [2.24, 2.45) is 0 Å². The number of likely N-dealkylation sites (N-methyl/N-ethyl adjacent to an activating group) is 1. The number of rotatable bonds is 12. The molecule has 0 fully saturated rings. The van der Waals surface area contributed by atoms with Gasteiger partial charge >= 0.3 is 12.1 Å². The first-order chi connectivity index (χ1) is 18.4. The van der Waals surface area contributed by atoms with Crippen LogP contribution in [0.2, 0.25) is 0 Å². The molecule has 0 bridgehead atoms. The van der Waals surface area contributed by atoms with Gasteiger partial charge in [0.25, 0.3) is 0 Å². The fourth-order valence-corrected chi connectivity index (χ4v) is 4.10. The average Bonchev–Trinajstić information content (AvgIpc) is 2.86. The van der Waals surface area contributed by atoms with Crippen LogP contribution in [0.3, 0.4) is 0 Å². The van der Waals surface area contributed by atoms with Crippen molar-refractivity contribution in [2.45, 2.75) is 72.1 Å². The Morgan fingerprint density at radius 3 is 2.26 bits per heavy atom.